The van der Waals surface area contributed by atoms with Crippen molar-refractivity contribution in [3.05, 3.63) is 102 Å². The highest BCUT2D eigenvalue weighted by Gasteiger charge is 2.51. The third-order valence-electron chi connectivity index (χ3n) is 8.11. The predicted octanol–water partition coefficient (Wildman–Crippen LogP) is 3.32. The van der Waals surface area contributed by atoms with Crippen LogP contribution in [0.1, 0.15) is 29.5 Å². The quantitative estimate of drug-likeness (QED) is 0.319. The lowest BCUT2D eigenvalue weighted by molar-refractivity contribution is -0.939. The summed E-state index contributed by atoms with van der Waals surface area (Å²) in [7, 11) is 0. The van der Waals surface area contributed by atoms with E-state index in [4.69, 9.17) is 14.6 Å². The van der Waals surface area contributed by atoms with E-state index in [1.807, 2.05) is 43.3 Å². The number of rotatable bonds is 7. The van der Waals surface area contributed by atoms with Gasteiger partial charge in [-0.05, 0) is 29.7 Å². The standard InChI is InChI=1S/C30H32N2O4.C2HF3O2/c1-22-10-8-9-15-26(22)31-28(33)21-32-18-16-23(17-19-32)27(20-32)36-29(34)30(35,24-11-4-2-5-12-24)25-13-6-3-7-14-25;3-2(4,5)1(6)7/h2-15,23,27,35H,16-21H2,1H3;(H,6,7)/t23?,27-,32?;/m0./s1. The molecule has 11 heteroatoms. The molecule has 3 saturated heterocycles. The summed E-state index contributed by atoms with van der Waals surface area (Å²) in [5.41, 5.74) is 0.900. The Balaban J connectivity index is 0.000000541. The van der Waals surface area contributed by atoms with Gasteiger partial charge < -0.3 is 29.5 Å². The molecule has 6 rings (SSSR count). The van der Waals surface area contributed by atoms with Crippen LogP contribution < -0.4 is 10.4 Å². The molecule has 0 radical (unpaired) electrons. The van der Waals surface area contributed by atoms with Gasteiger partial charge in [0.2, 0.25) is 5.60 Å². The first kappa shape index (κ1) is 31.7. The Hall–Kier alpha value is -4.22. The third kappa shape index (κ3) is 7.41. The van der Waals surface area contributed by atoms with Crippen molar-refractivity contribution in [2.24, 2.45) is 5.92 Å². The van der Waals surface area contributed by atoms with Crippen LogP contribution in [0.4, 0.5) is 18.9 Å². The minimum absolute atomic E-state index is 0.0280. The van der Waals surface area contributed by atoms with Crippen LogP contribution in [-0.4, -0.2) is 65.9 Å². The number of hydrogen-bond donors (Lipinski definition) is 2. The topological polar surface area (TPSA) is 116 Å². The Labute approximate surface area is 247 Å². The van der Waals surface area contributed by atoms with Gasteiger partial charge in [-0.25, -0.2) is 4.79 Å². The maximum Gasteiger partial charge on any atom is 0.430 e. The SMILES string of the molecule is Cc1ccccc1NC(=O)C[N+]12CCC(CC1)[C@@H](OC(=O)C(O)(c1ccccc1)c1ccccc1)C2.O=C([O-])C(F)(F)F. The number of aliphatic hydroxyl groups is 1. The molecule has 3 aliphatic heterocycles. The van der Waals surface area contributed by atoms with Gasteiger partial charge in [0.15, 0.2) is 12.6 Å². The Bertz CT molecular complexity index is 1380. The fourth-order valence-electron chi connectivity index (χ4n) is 5.77. The predicted molar refractivity (Wildman–Crippen MR) is 149 cm³/mol. The molecule has 0 saturated carbocycles. The molecule has 1 atom stereocenters. The number of piperidine rings is 3. The molecule has 2 N–H and O–H groups in total. The number of benzene rings is 3. The lowest BCUT2D eigenvalue weighted by atomic mass is 9.82. The zero-order chi connectivity index (χ0) is 31.3. The molecule has 2 bridgehead atoms. The second-order valence-electron chi connectivity index (χ2n) is 11.0. The number of halogens is 3. The lowest BCUT2D eigenvalue weighted by Gasteiger charge is -2.51. The number of ether oxygens (including phenoxy) is 1. The molecule has 0 unspecified atom stereocenters. The van der Waals surface area contributed by atoms with Crippen LogP contribution in [0.3, 0.4) is 0 Å². The Morgan fingerprint density at radius 2 is 1.40 bits per heavy atom. The van der Waals surface area contributed by atoms with Gasteiger partial charge in [0.05, 0.1) is 13.1 Å². The average Bonchev–Trinajstić information content (AvgIpc) is 2.99. The van der Waals surface area contributed by atoms with Gasteiger partial charge >= 0.3 is 12.1 Å². The number of anilines is 1. The van der Waals surface area contributed by atoms with E-state index in [9.17, 15) is 27.9 Å². The lowest BCUT2D eigenvalue weighted by Crippen LogP contribution is -2.66. The normalized spacial score (nSPS) is 21.2. The zero-order valence-electron chi connectivity index (χ0n) is 23.5. The van der Waals surface area contributed by atoms with Gasteiger partial charge in [-0.1, -0.05) is 78.9 Å². The zero-order valence-corrected chi connectivity index (χ0v) is 23.5. The van der Waals surface area contributed by atoms with Crippen LogP contribution in [0.5, 0.6) is 0 Å². The first-order valence-corrected chi connectivity index (χ1v) is 13.9. The van der Waals surface area contributed by atoms with Crippen LogP contribution in [0, 0.1) is 12.8 Å². The molecule has 0 spiro atoms. The van der Waals surface area contributed by atoms with Crippen molar-refractivity contribution < 1.29 is 47.0 Å². The maximum atomic E-state index is 13.7. The van der Waals surface area contributed by atoms with Crippen molar-refractivity contribution in [1.82, 2.24) is 0 Å². The van der Waals surface area contributed by atoms with Crippen molar-refractivity contribution >= 4 is 23.5 Å². The largest absolute Gasteiger partial charge is 0.542 e. The Morgan fingerprint density at radius 1 is 0.907 bits per heavy atom. The number of nitrogens with zero attached hydrogens (tertiary/aromatic N) is 1. The van der Waals surface area contributed by atoms with Gasteiger partial charge in [-0.2, -0.15) is 13.2 Å². The first-order chi connectivity index (χ1) is 20.3. The second kappa shape index (κ2) is 13.0. The van der Waals surface area contributed by atoms with Gasteiger partial charge in [0.25, 0.3) is 5.91 Å². The molecule has 43 heavy (non-hydrogen) atoms. The number of para-hydroxylation sites is 1. The number of nitrogens with one attached hydrogen (secondary N) is 1. The second-order valence-corrected chi connectivity index (χ2v) is 11.0. The smallest absolute Gasteiger partial charge is 0.430 e. The van der Waals surface area contributed by atoms with Crippen molar-refractivity contribution in [3.8, 4) is 0 Å². The molecule has 228 valence electrons. The third-order valence-corrected chi connectivity index (χ3v) is 8.11. The number of carboxylic acids is 1. The van der Waals surface area contributed by atoms with Crippen LogP contribution in [0.2, 0.25) is 0 Å². The number of carbonyl (C=O) groups is 3. The molecule has 8 nitrogen and oxygen atoms in total. The number of aliphatic carboxylic acids is 1. The van der Waals surface area contributed by atoms with Gasteiger partial charge in [0, 0.05) is 24.4 Å². The monoisotopic (exact) mass is 598 g/mol. The maximum absolute atomic E-state index is 13.7. The Kier molecular flexibility index (Phi) is 9.56. The van der Waals surface area contributed by atoms with Crippen molar-refractivity contribution in [1.29, 1.82) is 0 Å². The number of alkyl halides is 3. The first-order valence-electron chi connectivity index (χ1n) is 13.9. The molecule has 3 aliphatic rings. The number of fused-ring (bicyclic) bond motifs is 3. The van der Waals surface area contributed by atoms with E-state index < -0.39 is 23.7 Å². The van der Waals surface area contributed by atoms with Gasteiger partial charge in [0.1, 0.15) is 12.5 Å². The van der Waals surface area contributed by atoms with Crippen molar-refractivity contribution in [3.63, 3.8) is 0 Å². The van der Waals surface area contributed by atoms with E-state index in [2.05, 4.69) is 5.32 Å². The van der Waals surface area contributed by atoms with Crippen molar-refractivity contribution in [2.75, 3.05) is 31.5 Å². The molecule has 0 aromatic heterocycles. The van der Waals surface area contributed by atoms with E-state index in [1.165, 1.54) is 0 Å². The Morgan fingerprint density at radius 3 is 1.88 bits per heavy atom. The summed E-state index contributed by atoms with van der Waals surface area (Å²) in [4.78, 5) is 35.4. The van der Waals surface area contributed by atoms with E-state index in [0.29, 0.717) is 28.7 Å². The highest BCUT2D eigenvalue weighted by atomic mass is 19.4. The summed E-state index contributed by atoms with van der Waals surface area (Å²) >= 11 is 0. The molecule has 1 amide bonds. The summed E-state index contributed by atoms with van der Waals surface area (Å²) < 4.78 is 38.3. The van der Waals surface area contributed by atoms with E-state index in [-0.39, 0.29) is 17.9 Å². The van der Waals surface area contributed by atoms with Crippen LogP contribution in [0.25, 0.3) is 0 Å². The molecule has 3 aromatic carbocycles. The highest BCUT2D eigenvalue weighted by molar-refractivity contribution is 5.92. The average molecular weight is 599 g/mol. The number of amides is 1. The summed E-state index contributed by atoms with van der Waals surface area (Å²) in [6, 6.07) is 25.6. The molecule has 3 fully saturated rings. The summed E-state index contributed by atoms with van der Waals surface area (Å²) in [6.07, 6.45) is -3.75. The summed E-state index contributed by atoms with van der Waals surface area (Å²) in [5.74, 6) is -3.46. The minimum Gasteiger partial charge on any atom is -0.542 e. The molecule has 3 aromatic rings. The van der Waals surface area contributed by atoms with Crippen LogP contribution in [-0.2, 0) is 24.7 Å². The number of quaternary nitrogens is 1. The summed E-state index contributed by atoms with van der Waals surface area (Å²) in [6.45, 7) is 4.68. The fourth-order valence-corrected chi connectivity index (χ4v) is 5.77. The van der Waals surface area contributed by atoms with E-state index in [0.717, 1.165) is 37.2 Å². The van der Waals surface area contributed by atoms with Gasteiger partial charge in [-0.3, -0.25) is 4.79 Å². The van der Waals surface area contributed by atoms with E-state index >= 15 is 0 Å². The molecular weight excluding hydrogens is 565 g/mol. The number of esters is 1. The number of aryl methyl sites for hydroxylation is 1. The van der Waals surface area contributed by atoms with Crippen LogP contribution >= 0.6 is 0 Å². The van der Waals surface area contributed by atoms with Crippen molar-refractivity contribution in [2.45, 2.75) is 37.6 Å². The van der Waals surface area contributed by atoms with E-state index in [1.54, 1.807) is 48.5 Å². The molecular formula is C32H33F3N2O6. The molecule has 3 heterocycles. The van der Waals surface area contributed by atoms with Crippen LogP contribution in [0.15, 0.2) is 84.9 Å². The molecule has 0 aliphatic carbocycles. The summed E-state index contributed by atoms with van der Waals surface area (Å²) in [5, 5.41) is 23.6. The number of hydrogen-bond acceptors (Lipinski definition) is 6. The fraction of sp³-hybridized carbons (Fsp3) is 0.344. The minimum atomic E-state index is -5.19. The number of carbonyl (C=O) groups excluding carboxylic acids is 3. The highest BCUT2D eigenvalue weighted by Crippen LogP contribution is 2.38. The number of carboxylic acid groups (broad SMARTS) is 1. The van der Waals surface area contributed by atoms with Gasteiger partial charge in [-0.15, -0.1) is 0 Å².